The van der Waals surface area contributed by atoms with E-state index >= 15 is 0 Å². The number of ether oxygens (including phenoxy) is 2. The first-order valence-electron chi connectivity index (χ1n) is 10.4. The first-order valence-corrected chi connectivity index (χ1v) is 11.2. The van der Waals surface area contributed by atoms with E-state index in [4.69, 9.17) is 9.47 Å². The molecule has 0 saturated carbocycles. The van der Waals surface area contributed by atoms with Crippen molar-refractivity contribution in [3.8, 4) is 5.75 Å². The van der Waals surface area contributed by atoms with E-state index in [1.807, 2.05) is 78.9 Å². The zero-order valence-corrected chi connectivity index (χ0v) is 19.8. The maximum atomic E-state index is 13.4. The fraction of sp³-hybridized carbons (Fsp3) is 0.111. The summed E-state index contributed by atoms with van der Waals surface area (Å²) in [6, 6.07) is 24.7. The summed E-state index contributed by atoms with van der Waals surface area (Å²) in [6.07, 6.45) is 1.70. The number of anilines is 1. The van der Waals surface area contributed by atoms with Gasteiger partial charge in [-0.25, -0.2) is 4.79 Å². The lowest BCUT2D eigenvalue weighted by Gasteiger charge is -2.18. The van der Waals surface area contributed by atoms with Crippen LogP contribution >= 0.6 is 15.9 Å². The maximum Gasteiger partial charge on any atom is 0.340 e. The van der Waals surface area contributed by atoms with Crippen molar-refractivity contribution in [2.24, 2.45) is 0 Å². The van der Waals surface area contributed by atoms with Crippen molar-refractivity contribution in [1.29, 1.82) is 0 Å². The first-order chi connectivity index (χ1) is 16.0. The van der Waals surface area contributed by atoms with Crippen LogP contribution in [0, 0.1) is 0 Å². The van der Waals surface area contributed by atoms with Gasteiger partial charge in [-0.2, -0.15) is 0 Å². The molecular weight excluding hydrogens is 482 g/mol. The van der Waals surface area contributed by atoms with E-state index in [0.29, 0.717) is 23.7 Å². The summed E-state index contributed by atoms with van der Waals surface area (Å²) in [5.74, 6) is -0.175. The monoisotopic (exact) mass is 503 g/mol. The molecule has 0 radical (unpaired) electrons. The average Bonchev–Trinajstić information content (AvgIpc) is 3.07. The highest BCUT2D eigenvalue weighted by Crippen LogP contribution is 2.36. The van der Waals surface area contributed by atoms with Gasteiger partial charge in [-0.15, -0.1) is 0 Å². The van der Waals surface area contributed by atoms with Gasteiger partial charge in [-0.3, -0.25) is 9.69 Å². The lowest BCUT2D eigenvalue weighted by Crippen LogP contribution is -2.24. The Morgan fingerprint density at radius 1 is 1.00 bits per heavy atom. The number of nitrogens with zero attached hydrogens (tertiary/aromatic N) is 1. The normalized spacial score (nSPS) is 14.7. The minimum Gasteiger partial charge on any atom is -0.489 e. The van der Waals surface area contributed by atoms with Crippen LogP contribution in [0.2, 0.25) is 0 Å². The molecule has 1 amide bonds. The van der Waals surface area contributed by atoms with E-state index < -0.39 is 5.97 Å². The third-order valence-electron chi connectivity index (χ3n) is 5.27. The van der Waals surface area contributed by atoms with Crippen LogP contribution in [0.3, 0.4) is 0 Å². The predicted octanol–water partition coefficient (Wildman–Crippen LogP) is 5.91. The van der Waals surface area contributed by atoms with Gasteiger partial charge in [0.05, 0.1) is 23.9 Å². The Bertz CT molecular complexity index is 1260. The molecule has 1 heterocycles. The van der Waals surface area contributed by atoms with Gasteiger partial charge in [-0.05, 0) is 54.5 Å². The molecule has 33 heavy (non-hydrogen) atoms. The Morgan fingerprint density at radius 3 is 2.48 bits per heavy atom. The number of halogens is 1. The number of hydrogen-bond acceptors (Lipinski definition) is 4. The lowest BCUT2D eigenvalue weighted by molar-refractivity contribution is -0.136. The van der Waals surface area contributed by atoms with Crippen LogP contribution in [0.5, 0.6) is 5.75 Å². The van der Waals surface area contributed by atoms with Crippen molar-refractivity contribution in [2.45, 2.75) is 13.5 Å². The standard InChI is InChI=1S/C27H22BrNO4/c1-18-25(27(31)32-2)24(26(30)29(18)22-12-7-11-21(28)16-22)15-20-10-6-13-23(14-20)33-17-19-8-4-3-5-9-19/h3-16H,17H2,1-2H3/b24-15-. The summed E-state index contributed by atoms with van der Waals surface area (Å²) in [6.45, 7) is 2.17. The zero-order valence-electron chi connectivity index (χ0n) is 18.2. The maximum absolute atomic E-state index is 13.4. The number of benzene rings is 3. The molecule has 0 saturated heterocycles. The van der Waals surface area contributed by atoms with Crippen LogP contribution in [0.25, 0.3) is 6.08 Å². The smallest absolute Gasteiger partial charge is 0.340 e. The zero-order chi connectivity index (χ0) is 23.4. The Balaban J connectivity index is 1.67. The van der Waals surface area contributed by atoms with Crippen molar-refractivity contribution in [3.63, 3.8) is 0 Å². The van der Waals surface area contributed by atoms with Gasteiger partial charge in [0.2, 0.25) is 0 Å². The van der Waals surface area contributed by atoms with Crippen LogP contribution in [0.1, 0.15) is 18.1 Å². The molecule has 0 unspecified atom stereocenters. The number of carbonyl (C=O) groups excluding carboxylic acids is 2. The van der Waals surface area contributed by atoms with E-state index in [1.54, 1.807) is 13.0 Å². The average molecular weight is 504 g/mol. The summed E-state index contributed by atoms with van der Waals surface area (Å²) in [5.41, 5.74) is 3.51. The van der Waals surface area contributed by atoms with E-state index in [9.17, 15) is 9.59 Å². The first kappa shape index (κ1) is 22.6. The second-order valence-corrected chi connectivity index (χ2v) is 8.39. The molecule has 0 bridgehead atoms. The molecule has 0 aliphatic carbocycles. The van der Waals surface area contributed by atoms with Gasteiger partial charge < -0.3 is 9.47 Å². The van der Waals surface area contributed by atoms with E-state index in [2.05, 4.69) is 15.9 Å². The van der Waals surface area contributed by atoms with Crippen LogP contribution in [0.4, 0.5) is 5.69 Å². The Hall–Kier alpha value is -3.64. The van der Waals surface area contributed by atoms with E-state index in [1.165, 1.54) is 12.0 Å². The molecule has 3 aromatic carbocycles. The molecule has 3 aromatic rings. The predicted molar refractivity (Wildman–Crippen MR) is 132 cm³/mol. The van der Waals surface area contributed by atoms with Crippen molar-refractivity contribution in [3.05, 3.63) is 111 Å². The highest BCUT2D eigenvalue weighted by molar-refractivity contribution is 9.10. The van der Waals surface area contributed by atoms with Crippen LogP contribution in [-0.2, 0) is 20.9 Å². The van der Waals surface area contributed by atoms with Gasteiger partial charge >= 0.3 is 5.97 Å². The quantitative estimate of drug-likeness (QED) is 0.310. The fourth-order valence-electron chi connectivity index (χ4n) is 3.71. The molecular formula is C27H22BrNO4. The Labute approximate surface area is 201 Å². The molecule has 1 aliphatic rings. The van der Waals surface area contributed by atoms with Crippen LogP contribution < -0.4 is 9.64 Å². The molecule has 5 nitrogen and oxygen atoms in total. The van der Waals surface area contributed by atoms with Crippen molar-refractivity contribution < 1.29 is 19.1 Å². The number of rotatable bonds is 6. The molecule has 0 spiro atoms. The minimum atomic E-state index is -0.555. The van der Waals surface area contributed by atoms with Crippen molar-refractivity contribution in [1.82, 2.24) is 0 Å². The second kappa shape index (κ2) is 9.88. The SMILES string of the molecule is COC(=O)C1=C(C)N(c2cccc(Br)c2)C(=O)/C1=C\c1cccc(OCc2ccccc2)c1. The molecule has 1 aliphatic heterocycles. The summed E-state index contributed by atoms with van der Waals surface area (Å²) in [7, 11) is 1.31. The topological polar surface area (TPSA) is 55.8 Å². The molecule has 0 N–H and O–H groups in total. The Kier molecular flexibility index (Phi) is 6.75. The molecule has 0 atom stereocenters. The molecule has 6 heteroatoms. The van der Waals surface area contributed by atoms with E-state index in [0.717, 1.165) is 15.6 Å². The molecule has 0 fully saturated rings. The summed E-state index contributed by atoms with van der Waals surface area (Å²) in [4.78, 5) is 27.6. The van der Waals surface area contributed by atoms with Crippen molar-refractivity contribution >= 4 is 39.6 Å². The third-order valence-corrected chi connectivity index (χ3v) is 5.77. The number of methoxy groups -OCH3 is 1. The summed E-state index contributed by atoms with van der Waals surface area (Å²) in [5, 5.41) is 0. The van der Waals surface area contributed by atoms with Crippen molar-refractivity contribution in [2.75, 3.05) is 12.0 Å². The number of allylic oxidation sites excluding steroid dienone is 1. The fourth-order valence-corrected chi connectivity index (χ4v) is 4.09. The number of hydrogen-bond donors (Lipinski definition) is 0. The largest absolute Gasteiger partial charge is 0.489 e. The second-order valence-electron chi connectivity index (χ2n) is 7.48. The number of amides is 1. The van der Waals surface area contributed by atoms with Gasteiger partial charge in [0.15, 0.2) is 0 Å². The van der Waals surface area contributed by atoms with Gasteiger partial charge in [0.1, 0.15) is 12.4 Å². The lowest BCUT2D eigenvalue weighted by atomic mass is 10.0. The van der Waals surface area contributed by atoms with Gasteiger partial charge in [-0.1, -0.05) is 64.5 Å². The van der Waals surface area contributed by atoms with Crippen LogP contribution in [-0.4, -0.2) is 19.0 Å². The number of esters is 1. The van der Waals surface area contributed by atoms with Gasteiger partial charge in [0.25, 0.3) is 5.91 Å². The van der Waals surface area contributed by atoms with Gasteiger partial charge in [0, 0.05) is 10.2 Å². The molecule has 166 valence electrons. The Morgan fingerprint density at radius 2 is 1.76 bits per heavy atom. The summed E-state index contributed by atoms with van der Waals surface area (Å²) >= 11 is 3.44. The van der Waals surface area contributed by atoms with Crippen LogP contribution in [0.15, 0.2) is 100 Å². The molecule has 0 aromatic heterocycles. The minimum absolute atomic E-state index is 0.248. The third kappa shape index (κ3) is 4.91. The van der Waals surface area contributed by atoms with E-state index in [-0.39, 0.29) is 17.1 Å². The highest BCUT2D eigenvalue weighted by Gasteiger charge is 2.37. The highest BCUT2D eigenvalue weighted by atomic mass is 79.9. The molecule has 4 rings (SSSR count). The summed E-state index contributed by atoms with van der Waals surface area (Å²) < 4.78 is 11.7. The number of carbonyl (C=O) groups is 2.